The summed E-state index contributed by atoms with van der Waals surface area (Å²) in [6.45, 7) is 0.890. The van der Waals surface area contributed by atoms with Crippen LogP contribution in [0.3, 0.4) is 0 Å². The molecule has 2 rings (SSSR count). The first-order chi connectivity index (χ1) is 13.4. The quantitative estimate of drug-likeness (QED) is 0.521. The second-order valence-electron chi connectivity index (χ2n) is 6.03. The fourth-order valence-corrected chi connectivity index (χ4v) is 3.08. The van der Waals surface area contributed by atoms with Gasteiger partial charge in [-0.05, 0) is 30.3 Å². The number of halogens is 2. The van der Waals surface area contributed by atoms with E-state index in [1.54, 1.807) is 25.2 Å². The van der Waals surface area contributed by atoms with Gasteiger partial charge in [0.25, 0.3) is 11.8 Å². The minimum absolute atomic E-state index is 0.126. The third-order valence-corrected chi connectivity index (χ3v) is 4.77. The van der Waals surface area contributed by atoms with E-state index in [0.29, 0.717) is 35.0 Å². The molecular weight excluding hydrogens is 403 g/mol. The van der Waals surface area contributed by atoms with Crippen molar-refractivity contribution in [1.82, 2.24) is 10.2 Å². The monoisotopic (exact) mass is 422 g/mol. The lowest BCUT2D eigenvalue weighted by Gasteiger charge is -2.20. The van der Waals surface area contributed by atoms with Crippen molar-refractivity contribution >= 4 is 41.3 Å². The van der Waals surface area contributed by atoms with E-state index in [1.165, 1.54) is 30.2 Å². The smallest absolute Gasteiger partial charge is 0.254 e. The zero-order valence-corrected chi connectivity index (χ0v) is 17.0. The van der Waals surface area contributed by atoms with Crippen LogP contribution in [-0.2, 0) is 11.3 Å². The van der Waals surface area contributed by atoms with Crippen molar-refractivity contribution in [2.45, 2.75) is 6.54 Å². The largest absolute Gasteiger partial charge is 0.383 e. The number of carbonyl (C=O) groups excluding carboxylic acids is 3. The number of rotatable bonds is 8. The van der Waals surface area contributed by atoms with Crippen LogP contribution in [0, 0.1) is 0 Å². The normalized spacial score (nSPS) is 10.4. The lowest BCUT2D eigenvalue weighted by molar-refractivity contribution is 0.0781. The summed E-state index contributed by atoms with van der Waals surface area (Å²) in [6, 6.07) is 9.44. The van der Waals surface area contributed by atoms with Gasteiger partial charge in [-0.2, -0.15) is 0 Å². The summed E-state index contributed by atoms with van der Waals surface area (Å²) in [5.41, 5.74) is 1.21. The second-order valence-corrected chi connectivity index (χ2v) is 6.84. The lowest BCUT2D eigenvalue weighted by Crippen LogP contribution is -2.29. The predicted molar refractivity (Wildman–Crippen MR) is 108 cm³/mol. The minimum atomic E-state index is -0.385. The summed E-state index contributed by atoms with van der Waals surface area (Å²) >= 11 is 12.3. The van der Waals surface area contributed by atoms with Crippen molar-refractivity contribution in [1.29, 1.82) is 0 Å². The van der Waals surface area contributed by atoms with Gasteiger partial charge in [-0.3, -0.25) is 14.4 Å². The number of carbonyl (C=O) groups is 3. The molecule has 0 heterocycles. The third-order valence-electron chi connectivity index (χ3n) is 4.07. The Bertz CT molecular complexity index is 866. The van der Waals surface area contributed by atoms with Gasteiger partial charge in [0.05, 0.1) is 12.2 Å². The summed E-state index contributed by atoms with van der Waals surface area (Å²) in [7, 11) is 3.12. The topological polar surface area (TPSA) is 75.7 Å². The van der Waals surface area contributed by atoms with Crippen LogP contribution in [0.5, 0.6) is 0 Å². The summed E-state index contributed by atoms with van der Waals surface area (Å²) in [5.74, 6) is -0.736. The van der Waals surface area contributed by atoms with Gasteiger partial charge >= 0.3 is 0 Å². The first-order valence-electron chi connectivity index (χ1n) is 8.43. The highest BCUT2D eigenvalue weighted by molar-refractivity contribution is 6.36. The SMILES string of the molecule is COCCNC(=O)c1ccc(C(=O)N(C)Cc2c(Cl)cccc2Cl)c(C=O)c1. The van der Waals surface area contributed by atoms with E-state index in [0.717, 1.165) is 0 Å². The van der Waals surface area contributed by atoms with Crippen LogP contribution in [0.25, 0.3) is 0 Å². The van der Waals surface area contributed by atoms with E-state index < -0.39 is 0 Å². The second kappa shape index (κ2) is 10.2. The molecule has 2 aromatic carbocycles. The molecule has 8 heteroatoms. The maximum atomic E-state index is 12.8. The molecule has 0 radical (unpaired) electrons. The van der Waals surface area contributed by atoms with Crippen molar-refractivity contribution in [3.05, 3.63) is 68.7 Å². The van der Waals surface area contributed by atoms with Gasteiger partial charge in [0.15, 0.2) is 6.29 Å². The zero-order valence-electron chi connectivity index (χ0n) is 15.5. The Hall–Kier alpha value is -2.41. The van der Waals surface area contributed by atoms with E-state index in [-0.39, 0.29) is 35.0 Å². The number of hydrogen-bond acceptors (Lipinski definition) is 4. The zero-order chi connectivity index (χ0) is 20.7. The fraction of sp³-hybridized carbons (Fsp3) is 0.250. The lowest BCUT2D eigenvalue weighted by atomic mass is 10.0. The molecule has 0 atom stereocenters. The maximum Gasteiger partial charge on any atom is 0.254 e. The molecule has 28 heavy (non-hydrogen) atoms. The van der Waals surface area contributed by atoms with Crippen LogP contribution in [0.2, 0.25) is 10.0 Å². The van der Waals surface area contributed by atoms with Crippen LogP contribution < -0.4 is 5.32 Å². The Morgan fingerprint density at radius 1 is 1.18 bits per heavy atom. The molecule has 0 saturated heterocycles. The maximum absolute atomic E-state index is 12.8. The molecular formula is C20H20Cl2N2O4. The predicted octanol–water partition coefficient (Wildman–Crippen LogP) is 3.45. The van der Waals surface area contributed by atoms with E-state index in [9.17, 15) is 14.4 Å². The molecule has 2 aromatic rings. The highest BCUT2D eigenvalue weighted by Crippen LogP contribution is 2.26. The Balaban J connectivity index is 2.20. The Morgan fingerprint density at radius 2 is 1.86 bits per heavy atom. The molecule has 1 N–H and O–H groups in total. The molecule has 0 spiro atoms. The third kappa shape index (κ3) is 5.32. The number of hydrogen-bond donors (Lipinski definition) is 1. The van der Waals surface area contributed by atoms with Crippen LogP contribution in [-0.4, -0.2) is 50.3 Å². The van der Waals surface area contributed by atoms with E-state index >= 15 is 0 Å². The Labute approximate surface area is 173 Å². The molecule has 148 valence electrons. The van der Waals surface area contributed by atoms with Crippen molar-refractivity contribution in [2.75, 3.05) is 27.3 Å². The van der Waals surface area contributed by atoms with E-state index in [1.807, 2.05) is 0 Å². The number of amides is 2. The number of benzene rings is 2. The highest BCUT2D eigenvalue weighted by Gasteiger charge is 2.19. The molecule has 2 amide bonds. The summed E-state index contributed by atoms with van der Waals surface area (Å²) in [5, 5.41) is 3.56. The van der Waals surface area contributed by atoms with Crippen molar-refractivity contribution in [3.63, 3.8) is 0 Å². The summed E-state index contributed by atoms with van der Waals surface area (Å²) in [6.07, 6.45) is 0.551. The van der Waals surface area contributed by atoms with Crippen LogP contribution in [0.15, 0.2) is 36.4 Å². The number of aldehydes is 1. The molecule has 0 aromatic heterocycles. The molecule has 0 aliphatic carbocycles. The van der Waals surface area contributed by atoms with Gasteiger partial charge < -0.3 is 15.0 Å². The molecule has 0 fully saturated rings. The number of methoxy groups -OCH3 is 1. The van der Waals surface area contributed by atoms with Crippen LogP contribution in [0.4, 0.5) is 0 Å². The summed E-state index contributed by atoms with van der Waals surface area (Å²) < 4.78 is 4.88. The van der Waals surface area contributed by atoms with E-state index in [4.69, 9.17) is 27.9 Å². The Morgan fingerprint density at radius 3 is 2.46 bits per heavy atom. The first kappa shape index (κ1) is 21.9. The van der Waals surface area contributed by atoms with Gasteiger partial charge in [-0.1, -0.05) is 29.3 Å². The van der Waals surface area contributed by atoms with Gasteiger partial charge in [-0.15, -0.1) is 0 Å². The number of ether oxygens (including phenoxy) is 1. The minimum Gasteiger partial charge on any atom is -0.383 e. The molecule has 0 aliphatic heterocycles. The van der Waals surface area contributed by atoms with Gasteiger partial charge in [0.1, 0.15) is 0 Å². The van der Waals surface area contributed by atoms with Gasteiger partial charge in [0.2, 0.25) is 0 Å². The van der Waals surface area contributed by atoms with Crippen LogP contribution in [0.1, 0.15) is 36.6 Å². The highest BCUT2D eigenvalue weighted by atomic mass is 35.5. The fourth-order valence-electron chi connectivity index (χ4n) is 2.56. The average Bonchev–Trinajstić information content (AvgIpc) is 2.69. The van der Waals surface area contributed by atoms with Crippen molar-refractivity contribution in [2.24, 2.45) is 0 Å². The first-order valence-corrected chi connectivity index (χ1v) is 9.19. The molecule has 0 unspecified atom stereocenters. The van der Waals surface area contributed by atoms with Crippen molar-refractivity contribution in [3.8, 4) is 0 Å². The van der Waals surface area contributed by atoms with Crippen LogP contribution >= 0.6 is 23.2 Å². The average molecular weight is 423 g/mol. The molecule has 0 bridgehead atoms. The Kier molecular flexibility index (Phi) is 7.99. The number of nitrogens with one attached hydrogen (secondary N) is 1. The molecule has 0 aliphatic rings. The molecule has 6 nitrogen and oxygen atoms in total. The van der Waals surface area contributed by atoms with Gasteiger partial charge in [0, 0.05) is 54.0 Å². The summed E-state index contributed by atoms with van der Waals surface area (Å²) in [4.78, 5) is 37.8. The van der Waals surface area contributed by atoms with Crippen molar-refractivity contribution < 1.29 is 19.1 Å². The van der Waals surface area contributed by atoms with E-state index in [2.05, 4.69) is 5.32 Å². The number of nitrogens with zero attached hydrogens (tertiary/aromatic N) is 1. The standard InChI is InChI=1S/C20H20Cl2N2O4/c1-24(11-16-17(21)4-3-5-18(16)22)20(27)15-7-6-13(10-14(15)12-25)19(26)23-8-9-28-2/h3-7,10,12H,8-9,11H2,1-2H3,(H,23,26). The molecule has 0 saturated carbocycles. The van der Waals surface area contributed by atoms with Gasteiger partial charge in [-0.25, -0.2) is 0 Å².